The fourth-order valence-electron chi connectivity index (χ4n) is 2.64. The predicted octanol–water partition coefficient (Wildman–Crippen LogP) is 2.19. The molecule has 1 N–H and O–H groups in total. The molecule has 3 aromatic rings. The summed E-state index contributed by atoms with van der Waals surface area (Å²) in [7, 11) is 3.69. The molecule has 142 valence electrons. The van der Waals surface area contributed by atoms with Gasteiger partial charge >= 0.3 is 0 Å². The number of pyridine rings is 1. The monoisotopic (exact) mass is 369 g/mol. The highest BCUT2D eigenvalue weighted by molar-refractivity contribution is 5.98. The maximum absolute atomic E-state index is 11.5. The second-order valence-corrected chi connectivity index (χ2v) is 6.23. The average Bonchev–Trinajstić information content (AvgIpc) is 3.00. The van der Waals surface area contributed by atoms with Gasteiger partial charge in [0.05, 0.1) is 13.2 Å². The van der Waals surface area contributed by atoms with Crippen molar-refractivity contribution in [2.75, 3.05) is 37.5 Å². The van der Waals surface area contributed by atoms with E-state index in [4.69, 9.17) is 4.74 Å². The summed E-state index contributed by atoms with van der Waals surface area (Å²) in [5.41, 5.74) is 2.48. The molecule has 0 fully saturated rings. The number of ether oxygens (including phenoxy) is 1. The first-order chi connectivity index (χ1) is 13.0. The highest BCUT2D eigenvalue weighted by atomic mass is 16.5. The standard InChI is InChI=1S/C18H23N7O2/c1-5-27-9-8-25-16-15(13(11-26)23-25)21-18(24(3)4)22-17(16)20-14-10-12(2)6-7-19-14/h6-7,10-11H,5,8-9H2,1-4H3,(H,19,20,21,22). The second-order valence-electron chi connectivity index (χ2n) is 6.23. The zero-order valence-corrected chi connectivity index (χ0v) is 15.9. The normalized spacial score (nSPS) is 11.0. The van der Waals surface area contributed by atoms with Gasteiger partial charge in [0.15, 0.2) is 17.8 Å². The van der Waals surface area contributed by atoms with Gasteiger partial charge in [0, 0.05) is 26.9 Å². The number of aromatic nitrogens is 5. The highest BCUT2D eigenvalue weighted by Gasteiger charge is 2.19. The third-order valence-electron chi connectivity index (χ3n) is 3.93. The summed E-state index contributed by atoms with van der Waals surface area (Å²) in [6.45, 7) is 5.49. The third kappa shape index (κ3) is 4.03. The van der Waals surface area contributed by atoms with Crippen molar-refractivity contribution in [1.82, 2.24) is 24.7 Å². The molecule has 0 unspecified atom stereocenters. The van der Waals surface area contributed by atoms with Crippen LogP contribution in [0, 0.1) is 6.92 Å². The number of nitrogens with one attached hydrogen (secondary N) is 1. The van der Waals surface area contributed by atoms with E-state index in [-0.39, 0.29) is 5.69 Å². The van der Waals surface area contributed by atoms with Crippen molar-refractivity contribution < 1.29 is 9.53 Å². The third-order valence-corrected chi connectivity index (χ3v) is 3.93. The minimum absolute atomic E-state index is 0.271. The molecule has 0 saturated heterocycles. The molecule has 9 heteroatoms. The summed E-state index contributed by atoms with van der Waals surface area (Å²) in [5.74, 6) is 1.67. The Morgan fingerprint density at radius 2 is 2.15 bits per heavy atom. The molecule has 0 radical (unpaired) electrons. The Hall–Kier alpha value is -3.07. The Labute approximate surface area is 157 Å². The molecule has 0 bridgehead atoms. The van der Waals surface area contributed by atoms with Gasteiger partial charge in [-0.3, -0.25) is 9.48 Å². The van der Waals surface area contributed by atoms with Gasteiger partial charge in [-0.15, -0.1) is 0 Å². The van der Waals surface area contributed by atoms with E-state index >= 15 is 0 Å². The lowest BCUT2D eigenvalue weighted by Crippen LogP contribution is -2.15. The summed E-state index contributed by atoms with van der Waals surface area (Å²) in [6, 6.07) is 3.84. The lowest BCUT2D eigenvalue weighted by Gasteiger charge is -2.14. The minimum Gasteiger partial charge on any atom is -0.380 e. The zero-order valence-electron chi connectivity index (χ0n) is 15.9. The summed E-state index contributed by atoms with van der Waals surface area (Å²) < 4.78 is 7.13. The number of carbonyl (C=O) groups excluding carboxylic acids is 1. The Morgan fingerprint density at radius 1 is 1.33 bits per heavy atom. The SMILES string of the molecule is CCOCCn1nc(C=O)c2nc(N(C)C)nc(Nc3cc(C)ccn3)c21. The largest absolute Gasteiger partial charge is 0.380 e. The van der Waals surface area contributed by atoms with Crippen LogP contribution in [0.3, 0.4) is 0 Å². The topological polar surface area (TPSA) is 98.1 Å². The van der Waals surface area contributed by atoms with E-state index in [0.717, 1.165) is 5.56 Å². The minimum atomic E-state index is 0.271. The number of hydrogen-bond acceptors (Lipinski definition) is 8. The Morgan fingerprint density at radius 3 is 2.81 bits per heavy atom. The van der Waals surface area contributed by atoms with Crippen LogP contribution in [-0.2, 0) is 11.3 Å². The van der Waals surface area contributed by atoms with Gasteiger partial charge in [0.25, 0.3) is 0 Å². The van der Waals surface area contributed by atoms with Gasteiger partial charge in [-0.2, -0.15) is 10.1 Å². The smallest absolute Gasteiger partial charge is 0.227 e. The van der Waals surface area contributed by atoms with Gasteiger partial charge in [0.1, 0.15) is 16.9 Å². The molecule has 0 aromatic carbocycles. The van der Waals surface area contributed by atoms with Gasteiger partial charge in [0.2, 0.25) is 5.95 Å². The van der Waals surface area contributed by atoms with Gasteiger partial charge in [-0.25, -0.2) is 9.97 Å². The first kappa shape index (κ1) is 18.7. The van der Waals surface area contributed by atoms with Crippen molar-refractivity contribution in [2.45, 2.75) is 20.4 Å². The number of carbonyl (C=O) groups is 1. The Kier molecular flexibility index (Phi) is 5.60. The molecule has 0 saturated carbocycles. The number of anilines is 3. The van der Waals surface area contributed by atoms with Crippen LogP contribution >= 0.6 is 0 Å². The number of aldehydes is 1. The van der Waals surface area contributed by atoms with Crippen molar-refractivity contribution in [1.29, 1.82) is 0 Å². The lowest BCUT2D eigenvalue weighted by molar-refractivity contribution is 0.111. The van der Waals surface area contributed by atoms with E-state index in [1.807, 2.05) is 40.1 Å². The number of hydrogen-bond donors (Lipinski definition) is 1. The fourth-order valence-corrected chi connectivity index (χ4v) is 2.64. The molecule has 0 aliphatic heterocycles. The summed E-state index contributed by atoms with van der Waals surface area (Å²) in [6.07, 6.45) is 2.44. The van der Waals surface area contributed by atoms with E-state index < -0.39 is 0 Å². The van der Waals surface area contributed by atoms with Gasteiger partial charge < -0.3 is 15.0 Å². The van der Waals surface area contributed by atoms with Crippen LogP contribution in [0.4, 0.5) is 17.6 Å². The first-order valence-corrected chi connectivity index (χ1v) is 8.72. The van der Waals surface area contributed by atoms with Crippen LogP contribution in [0.2, 0.25) is 0 Å². The van der Waals surface area contributed by atoms with Crippen LogP contribution in [0.1, 0.15) is 23.0 Å². The van der Waals surface area contributed by atoms with E-state index in [0.29, 0.717) is 54.7 Å². The molecule has 3 heterocycles. The van der Waals surface area contributed by atoms with Crippen molar-refractivity contribution in [3.05, 3.63) is 29.6 Å². The Bertz CT molecular complexity index is 952. The summed E-state index contributed by atoms with van der Waals surface area (Å²) in [4.78, 5) is 26.8. The Balaban J connectivity index is 2.15. The van der Waals surface area contributed by atoms with Crippen molar-refractivity contribution in [3.8, 4) is 0 Å². The van der Waals surface area contributed by atoms with Crippen LogP contribution in [0.5, 0.6) is 0 Å². The molecule has 0 spiro atoms. The van der Waals surface area contributed by atoms with E-state index in [1.165, 1.54) is 0 Å². The molecule has 0 aliphatic rings. The lowest BCUT2D eigenvalue weighted by atomic mass is 10.3. The van der Waals surface area contributed by atoms with Crippen LogP contribution in [0.25, 0.3) is 11.0 Å². The van der Waals surface area contributed by atoms with Gasteiger partial charge in [-0.05, 0) is 31.5 Å². The molecular weight excluding hydrogens is 346 g/mol. The first-order valence-electron chi connectivity index (χ1n) is 8.72. The number of rotatable bonds is 8. The van der Waals surface area contributed by atoms with Crippen molar-refractivity contribution in [2.24, 2.45) is 0 Å². The molecule has 9 nitrogen and oxygen atoms in total. The molecule has 0 atom stereocenters. The average molecular weight is 369 g/mol. The number of fused-ring (bicyclic) bond motifs is 1. The molecule has 0 amide bonds. The molecule has 27 heavy (non-hydrogen) atoms. The zero-order chi connectivity index (χ0) is 19.4. The molecular formula is C18H23N7O2. The van der Waals surface area contributed by atoms with E-state index in [9.17, 15) is 4.79 Å². The second kappa shape index (κ2) is 8.09. The quantitative estimate of drug-likeness (QED) is 0.477. The number of aryl methyl sites for hydroxylation is 1. The van der Waals surface area contributed by atoms with Crippen molar-refractivity contribution in [3.63, 3.8) is 0 Å². The predicted molar refractivity (Wildman–Crippen MR) is 104 cm³/mol. The van der Waals surface area contributed by atoms with Crippen LogP contribution in [0.15, 0.2) is 18.3 Å². The van der Waals surface area contributed by atoms with E-state index in [2.05, 4.69) is 25.4 Å². The van der Waals surface area contributed by atoms with Gasteiger partial charge in [-0.1, -0.05) is 0 Å². The molecule has 0 aliphatic carbocycles. The summed E-state index contributed by atoms with van der Waals surface area (Å²) >= 11 is 0. The summed E-state index contributed by atoms with van der Waals surface area (Å²) in [5, 5.41) is 7.63. The van der Waals surface area contributed by atoms with Crippen LogP contribution < -0.4 is 10.2 Å². The molecule has 3 rings (SSSR count). The van der Waals surface area contributed by atoms with E-state index in [1.54, 1.807) is 15.8 Å². The highest BCUT2D eigenvalue weighted by Crippen LogP contribution is 2.27. The maximum atomic E-state index is 11.5. The van der Waals surface area contributed by atoms with Crippen LogP contribution in [-0.4, -0.2) is 58.3 Å². The van der Waals surface area contributed by atoms with Crippen molar-refractivity contribution >= 4 is 34.9 Å². The fraction of sp³-hybridized carbons (Fsp3) is 0.389. The molecule has 3 aromatic heterocycles. The number of nitrogens with zero attached hydrogens (tertiary/aromatic N) is 6. The maximum Gasteiger partial charge on any atom is 0.227 e.